The van der Waals surface area contributed by atoms with Gasteiger partial charge in [-0.05, 0) is 61.7 Å². The van der Waals surface area contributed by atoms with Crippen molar-refractivity contribution >= 4 is 32.7 Å². The molecule has 164 valence electrons. The van der Waals surface area contributed by atoms with Gasteiger partial charge in [0.2, 0.25) is 0 Å². The number of anilines is 2. The highest BCUT2D eigenvalue weighted by Gasteiger charge is 2.23. The Morgan fingerprint density at radius 2 is 1.77 bits per heavy atom. The SMILES string of the molecule is CC1CN(c2ccc(F)c(NS(=O)(=O)c3ccc(-c4cccs4)c(F)c3)c2)CC(C)N1. The number of rotatable bonds is 5. The number of hydrogen-bond acceptors (Lipinski definition) is 5. The van der Waals surface area contributed by atoms with E-state index in [-0.39, 0.29) is 22.7 Å². The highest BCUT2D eigenvalue weighted by atomic mass is 32.2. The summed E-state index contributed by atoms with van der Waals surface area (Å²) < 4.78 is 56.9. The Bertz CT molecular complexity index is 1170. The van der Waals surface area contributed by atoms with E-state index in [1.165, 1.54) is 35.6 Å². The second-order valence-electron chi connectivity index (χ2n) is 7.76. The van der Waals surface area contributed by atoms with Crippen LogP contribution in [0, 0.1) is 11.6 Å². The zero-order valence-electron chi connectivity index (χ0n) is 17.1. The largest absolute Gasteiger partial charge is 0.368 e. The van der Waals surface area contributed by atoms with Gasteiger partial charge >= 0.3 is 0 Å². The number of halogens is 2. The van der Waals surface area contributed by atoms with E-state index in [1.807, 2.05) is 5.38 Å². The van der Waals surface area contributed by atoms with E-state index >= 15 is 0 Å². The van der Waals surface area contributed by atoms with Crippen LogP contribution in [0.15, 0.2) is 58.8 Å². The summed E-state index contributed by atoms with van der Waals surface area (Å²) >= 11 is 1.36. The van der Waals surface area contributed by atoms with Crippen LogP contribution in [-0.2, 0) is 10.0 Å². The van der Waals surface area contributed by atoms with Gasteiger partial charge < -0.3 is 10.2 Å². The average Bonchev–Trinajstić information content (AvgIpc) is 3.23. The van der Waals surface area contributed by atoms with E-state index in [9.17, 15) is 17.2 Å². The lowest BCUT2D eigenvalue weighted by atomic mass is 10.1. The summed E-state index contributed by atoms with van der Waals surface area (Å²) in [5.74, 6) is -1.34. The van der Waals surface area contributed by atoms with Crippen LogP contribution in [0.3, 0.4) is 0 Å². The summed E-state index contributed by atoms with van der Waals surface area (Å²) in [7, 11) is -4.17. The summed E-state index contributed by atoms with van der Waals surface area (Å²) in [5, 5.41) is 5.24. The van der Waals surface area contributed by atoms with Crippen molar-refractivity contribution in [2.45, 2.75) is 30.8 Å². The maximum absolute atomic E-state index is 14.6. The second-order valence-corrected chi connectivity index (χ2v) is 10.4. The lowest BCUT2D eigenvalue weighted by molar-refractivity contribution is 0.407. The van der Waals surface area contributed by atoms with Crippen LogP contribution < -0.4 is 14.9 Å². The maximum atomic E-state index is 14.6. The third-order valence-electron chi connectivity index (χ3n) is 5.15. The van der Waals surface area contributed by atoms with Crippen molar-refractivity contribution in [2.75, 3.05) is 22.7 Å². The Balaban J connectivity index is 1.60. The molecule has 1 aliphatic heterocycles. The fourth-order valence-electron chi connectivity index (χ4n) is 3.82. The zero-order valence-corrected chi connectivity index (χ0v) is 18.7. The van der Waals surface area contributed by atoms with Crippen molar-refractivity contribution < 1.29 is 17.2 Å². The van der Waals surface area contributed by atoms with Gasteiger partial charge in [0.25, 0.3) is 10.0 Å². The summed E-state index contributed by atoms with van der Waals surface area (Å²) in [6, 6.07) is 12.1. The minimum atomic E-state index is -4.17. The molecule has 1 saturated heterocycles. The number of piperazine rings is 1. The standard InChI is InChI=1S/C22H23F2N3O2S2/c1-14-12-27(13-15(2)25-14)16-5-8-19(23)21(10-16)26-31(28,29)17-6-7-18(20(24)11-17)22-4-3-9-30-22/h3-11,14-15,25-26H,12-13H2,1-2H3. The molecular weight excluding hydrogens is 440 g/mol. The second kappa shape index (κ2) is 8.57. The van der Waals surface area contributed by atoms with Crippen LogP contribution in [0.5, 0.6) is 0 Å². The molecule has 0 amide bonds. The molecule has 1 fully saturated rings. The lowest BCUT2D eigenvalue weighted by Crippen LogP contribution is -2.54. The fourth-order valence-corrected chi connectivity index (χ4v) is 5.65. The van der Waals surface area contributed by atoms with Crippen LogP contribution in [0.1, 0.15) is 13.8 Å². The Hall–Kier alpha value is -2.49. The van der Waals surface area contributed by atoms with Crippen LogP contribution >= 0.6 is 11.3 Å². The lowest BCUT2D eigenvalue weighted by Gasteiger charge is -2.37. The van der Waals surface area contributed by atoms with E-state index in [2.05, 4.69) is 28.8 Å². The minimum Gasteiger partial charge on any atom is -0.368 e. The van der Waals surface area contributed by atoms with Crippen LogP contribution in [0.25, 0.3) is 10.4 Å². The molecule has 2 aromatic carbocycles. The van der Waals surface area contributed by atoms with Crippen LogP contribution in [0.4, 0.5) is 20.2 Å². The van der Waals surface area contributed by atoms with E-state index in [4.69, 9.17) is 0 Å². The molecule has 2 heterocycles. The minimum absolute atomic E-state index is 0.168. The van der Waals surface area contributed by atoms with Gasteiger partial charge in [-0.25, -0.2) is 17.2 Å². The molecule has 0 bridgehead atoms. The van der Waals surface area contributed by atoms with E-state index in [0.29, 0.717) is 10.4 Å². The first-order valence-corrected chi connectivity index (χ1v) is 12.3. The van der Waals surface area contributed by atoms with Crippen molar-refractivity contribution in [1.82, 2.24) is 5.32 Å². The maximum Gasteiger partial charge on any atom is 0.262 e. The van der Waals surface area contributed by atoms with Gasteiger partial charge in [-0.2, -0.15) is 0 Å². The molecule has 0 aliphatic carbocycles. The first-order chi connectivity index (χ1) is 14.7. The van der Waals surface area contributed by atoms with Gasteiger partial charge in [0.15, 0.2) is 0 Å². The first-order valence-electron chi connectivity index (χ1n) is 9.90. The fraction of sp³-hybridized carbons (Fsp3) is 0.273. The smallest absolute Gasteiger partial charge is 0.262 e. The summed E-state index contributed by atoms with van der Waals surface area (Å²) in [6.07, 6.45) is 0. The zero-order chi connectivity index (χ0) is 22.2. The Morgan fingerprint density at radius 1 is 1.03 bits per heavy atom. The number of nitrogens with zero attached hydrogens (tertiary/aromatic N) is 1. The molecule has 1 aromatic heterocycles. The molecule has 0 saturated carbocycles. The Morgan fingerprint density at radius 3 is 2.42 bits per heavy atom. The van der Waals surface area contributed by atoms with Crippen molar-refractivity contribution in [3.63, 3.8) is 0 Å². The first kappa shape index (κ1) is 21.7. The van der Waals surface area contributed by atoms with Gasteiger partial charge in [-0.1, -0.05) is 6.07 Å². The van der Waals surface area contributed by atoms with Gasteiger partial charge in [-0.3, -0.25) is 4.72 Å². The number of hydrogen-bond donors (Lipinski definition) is 2. The molecule has 4 rings (SSSR count). The summed E-state index contributed by atoms with van der Waals surface area (Å²) in [5.41, 5.74) is 0.877. The summed E-state index contributed by atoms with van der Waals surface area (Å²) in [4.78, 5) is 2.52. The number of benzene rings is 2. The van der Waals surface area contributed by atoms with Crippen molar-refractivity contribution in [2.24, 2.45) is 0 Å². The monoisotopic (exact) mass is 463 g/mol. The molecular formula is C22H23F2N3O2S2. The van der Waals surface area contributed by atoms with Gasteiger partial charge in [0, 0.05) is 41.3 Å². The predicted molar refractivity (Wildman–Crippen MR) is 121 cm³/mol. The number of sulfonamides is 1. The van der Waals surface area contributed by atoms with Crippen LogP contribution in [-0.4, -0.2) is 33.6 Å². The number of thiophene rings is 1. The van der Waals surface area contributed by atoms with Crippen LogP contribution in [0.2, 0.25) is 0 Å². The van der Waals surface area contributed by atoms with E-state index < -0.39 is 21.7 Å². The number of nitrogens with one attached hydrogen (secondary N) is 2. The quantitative estimate of drug-likeness (QED) is 0.577. The van der Waals surface area contributed by atoms with Gasteiger partial charge in [0.05, 0.1) is 10.6 Å². The highest BCUT2D eigenvalue weighted by Crippen LogP contribution is 2.30. The molecule has 5 nitrogen and oxygen atoms in total. The van der Waals surface area contributed by atoms with E-state index in [1.54, 1.807) is 18.2 Å². The molecule has 3 aromatic rings. The molecule has 2 N–H and O–H groups in total. The Kier molecular flexibility index (Phi) is 6.00. The van der Waals surface area contributed by atoms with Gasteiger partial charge in [-0.15, -0.1) is 11.3 Å². The Labute approximate surface area is 184 Å². The molecule has 9 heteroatoms. The predicted octanol–water partition coefficient (Wildman–Crippen LogP) is 4.68. The molecule has 1 aliphatic rings. The van der Waals surface area contributed by atoms with E-state index in [0.717, 1.165) is 24.8 Å². The summed E-state index contributed by atoms with van der Waals surface area (Å²) in [6.45, 7) is 5.56. The van der Waals surface area contributed by atoms with Gasteiger partial charge in [0.1, 0.15) is 11.6 Å². The van der Waals surface area contributed by atoms with Crippen molar-refractivity contribution in [3.05, 3.63) is 65.5 Å². The van der Waals surface area contributed by atoms with Crippen molar-refractivity contribution in [3.8, 4) is 10.4 Å². The topological polar surface area (TPSA) is 61.4 Å². The molecule has 31 heavy (non-hydrogen) atoms. The normalized spacial score (nSPS) is 19.4. The molecule has 2 unspecified atom stereocenters. The molecule has 2 atom stereocenters. The van der Waals surface area contributed by atoms with Crippen molar-refractivity contribution in [1.29, 1.82) is 0 Å². The molecule has 0 radical (unpaired) electrons. The third-order valence-corrected chi connectivity index (χ3v) is 7.42. The molecule has 0 spiro atoms. The highest BCUT2D eigenvalue weighted by molar-refractivity contribution is 7.92. The average molecular weight is 464 g/mol. The third kappa shape index (κ3) is 4.73.